The molecule has 1 saturated carbocycles. The van der Waals surface area contributed by atoms with Crippen molar-refractivity contribution in [3.8, 4) is 0 Å². The van der Waals surface area contributed by atoms with Crippen LogP contribution in [0, 0.1) is 19.8 Å². The number of benzene rings is 1. The first-order valence-electron chi connectivity index (χ1n) is 10.7. The summed E-state index contributed by atoms with van der Waals surface area (Å²) in [6.07, 6.45) is 9.44. The van der Waals surface area contributed by atoms with E-state index in [0.717, 1.165) is 17.5 Å². The van der Waals surface area contributed by atoms with Gasteiger partial charge in [-0.25, -0.2) is 8.42 Å². The summed E-state index contributed by atoms with van der Waals surface area (Å²) in [5.74, 6) is 0.838. The van der Waals surface area contributed by atoms with E-state index in [4.69, 9.17) is 0 Å². The Balaban J connectivity index is 1.47. The van der Waals surface area contributed by atoms with Crippen molar-refractivity contribution in [2.24, 2.45) is 5.92 Å². The van der Waals surface area contributed by atoms with Crippen LogP contribution in [0.3, 0.4) is 0 Å². The quantitative estimate of drug-likeness (QED) is 0.778. The third-order valence-corrected chi connectivity index (χ3v) is 8.33. The number of aryl methyl sites for hydroxylation is 2. The second kappa shape index (κ2) is 9.40. The standard InChI is InChI=1S/C22H34N2O3S/c1-17-8-10-21(18(2)16-17)28(26,27)24-14-12-20(13-15-24)23-22(25)11-9-19-6-4-3-5-7-19/h8,10,16,19-20H,3-7,9,11-15H2,1-2H3,(H,23,25). The van der Waals surface area contributed by atoms with Gasteiger partial charge in [-0.1, -0.05) is 49.8 Å². The zero-order chi connectivity index (χ0) is 20.1. The molecule has 2 aliphatic rings. The molecule has 5 nitrogen and oxygen atoms in total. The number of amides is 1. The molecule has 28 heavy (non-hydrogen) atoms. The van der Waals surface area contributed by atoms with Crippen molar-refractivity contribution in [1.29, 1.82) is 0 Å². The Morgan fingerprint density at radius 3 is 2.39 bits per heavy atom. The molecular weight excluding hydrogens is 372 g/mol. The van der Waals surface area contributed by atoms with E-state index in [0.29, 0.717) is 43.2 Å². The lowest BCUT2D eigenvalue weighted by Crippen LogP contribution is -2.46. The molecule has 6 heteroatoms. The summed E-state index contributed by atoms with van der Waals surface area (Å²) < 4.78 is 27.5. The van der Waals surface area contributed by atoms with E-state index in [1.807, 2.05) is 26.0 Å². The number of sulfonamides is 1. The first-order chi connectivity index (χ1) is 13.4. The fraction of sp³-hybridized carbons (Fsp3) is 0.682. The molecule has 0 spiro atoms. The van der Waals surface area contributed by atoms with Gasteiger partial charge in [0.25, 0.3) is 0 Å². The normalized spacial score (nSPS) is 20.2. The van der Waals surface area contributed by atoms with Gasteiger partial charge >= 0.3 is 0 Å². The molecule has 1 aliphatic carbocycles. The Hall–Kier alpha value is -1.40. The summed E-state index contributed by atoms with van der Waals surface area (Å²) >= 11 is 0. The van der Waals surface area contributed by atoms with E-state index in [9.17, 15) is 13.2 Å². The van der Waals surface area contributed by atoms with Crippen molar-refractivity contribution in [3.05, 3.63) is 29.3 Å². The van der Waals surface area contributed by atoms with Gasteiger partial charge < -0.3 is 5.32 Å². The van der Waals surface area contributed by atoms with Gasteiger partial charge in [0.15, 0.2) is 0 Å². The molecule has 0 atom stereocenters. The van der Waals surface area contributed by atoms with E-state index in [2.05, 4.69) is 5.32 Å². The number of carbonyl (C=O) groups excluding carboxylic acids is 1. The van der Waals surface area contributed by atoms with Crippen LogP contribution in [-0.4, -0.2) is 37.8 Å². The van der Waals surface area contributed by atoms with Gasteiger partial charge in [0.05, 0.1) is 4.90 Å². The molecule has 1 saturated heterocycles. The summed E-state index contributed by atoms with van der Waals surface area (Å²) in [5, 5.41) is 3.13. The highest BCUT2D eigenvalue weighted by molar-refractivity contribution is 7.89. The number of rotatable bonds is 6. The van der Waals surface area contributed by atoms with Crippen molar-refractivity contribution < 1.29 is 13.2 Å². The van der Waals surface area contributed by atoms with Crippen LogP contribution < -0.4 is 5.32 Å². The van der Waals surface area contributed by atoms with Crippen LogP contribution in [-0.2, 0) is 14.8 Å². The Morgan fingerprint density at radius 1 is 1.07 bits per heavy atom. The molecule has 0 bridgehead atoms. The van der Waals surface area contributed by atoms with Gasteiger partial charge in [-0.05, 0) is 50.7 Å². The number of nitrogens with zero attached hydrogens (tertiary/aromatic N) is 1. The average Bonchev–Trinajstić information content (AvgIpc) is 2.67. The third kappa shape index (κ3) is 5.35. The molecule has 0 radical (unpaired) electrons. The lowest BCUT2D eigenvalue weighted by atomic mass is 9.86. The number of piperidine rings is 1. The second-order valence-corrected chi connectivity index (χ2v) is 10.5. The van der Waals surface area contributed by atoms with Crippen molar-refractivity contribution in [3.63, 3.8) is 0 Å². The van der Waals surface area contributed by atoms with E-state index < -0.39 is 10.0 Å². The van der Waals surface area contributed by atoms with Crippen molar-refractivity contribution >= 4 is 15.9 Å². The summed E-state index contributed by atoms with van der Waals surface area (Å²) in [6.45, 7) is 4.73. The number of nitrogens with one attached hydrogen (secondary N) is 1. The molecule has 1 aromatic carbocycles. The maximum absolute atomic E-state index is 13.0. The van der Waals surface area contributed by atoms with Crippen LogP contribution in [0.4, 0.5) is 0 Å². The van der Waals surface area contributed by atoms with E-state index >= 15 is 0 Å². The van der Waals surface area contributed by atoms with Gasteiger partial charge in [-0.15, -0.1) is 0 Å². The zero-order valence-corrected chi connectivity index (χ0v) is 18.1. The van der Waals surface area contributed by atoms with Gasteiger partial charge in [-0.3, -0.25) is 4.79 Å². The zero-order valence-electron chi connectivity index (χ0n) is 17.2. The summed E-state index contributed by atoms with van der Waals surface area (Å²) in [7, 11) is -3.47. The van der Waals surface area contributed by atoms with E-state index in [1.165, 1.54) is 32.1 Å². The molecule has 1 amide bonds. The largest absolute Gasteiger partial charge is 0.353 e. The molecule has 0 aromatic heterocycles. The van der Waals surface area contributed by atoms with Gasteiger partial charge in [0.2, 0.25) is 15.9 Å². The van der Waals surface area contributed by atoms with Crippen LogP contribution >= 0.6 is 0 Å². The molecule has 3 rings (SSSR count). The minimum Gasteiger partial charge on any atom is -0.353 e. The Bertz CT molecular complexity index is 777. The summed E-state index contributed by atoms with van der Waals surface area (Å²) in [6, 6.07) is 5.55. The highest BCUT2D eigenvalue weighted by Crippen LogP contribution is 2.27. The number of hydrogen-bond donors (Lipinski definition) is 1. The Labute approximate surface area is 169 Å². The second-order valence-electron chi connectivity index (χ2n) is 8.56. The first kappa shape index (κ1) is 21.3. The van der Waals surface area contributed by atoms with Crippen LogP contribution in [0.2, 0.25) is 0 Å². The third-order valence-electron chi connectivity index (χ3n) is 6.27. The molecule has 1 heterocycles. The molecule has 1 N–H and O–H groups in total. The summed E-state index contributed by atoms with van der Waals surface area (Å²) in [5.41, 5.74) is 1.85. The molecular formula is C22H34N2O3S. The lowest BCUT2D eigenvalue weighted by molar-refractivity contribution is -0.122. The van der Waals surface area contributed by atoms with Crippen LogP contribution in [0.25, 0.3) is 0 Å². The predicted molar refractivity (Wildman–Crippen MR) is 112 cm³/mol. The van der Waals surface area contributed by atoms with Crippen LogP contribution in [0.15, 0.2) is 23.1 Å². The monoisotopic (exact) mass is 406 g/mol. The SMILES string of the molecule is Cc1ccc(S(=O)(=O)N2CCC(NC(=O)CCC3CCCCC3)CC2)c(C)c1. The highest BCUT2D eigenvalue weighted by atomic mass is 32.2. The van der Waals surface area contributed by atoms with Crippen molar-refractivity contribution in [2.45, 2.75) is 82.6 Å². The maximum atomic E-state index is 13.0. The molecule has 0 unspecified atom stereocenters. The van der Waals surface area contributed by atoms with E-state index in [1.54, 1.807) is 10.4 Å². The van der Waals surface area contributed by atoms with Gasteiger partial charge in [0, 0.05) is 25.6 Å². The van der Waals surface area contributed by atoms with Gasteiger partial charge in [0.1, 0.15) is 0 Å². The molecule has 1 aliphatic heterocycles. The van der Waals surface area contributed by atoms with Crippen molar-refractivity contribution in [2.75, 3.05) is 13.1 Å². The minimum atomic E-state index is -3.47. The number of carbonyl (C=O) groups is 1. The Morgan fingerprint density at radius 2 is 1.75 bits per heavy atom. The van der Waals surface area contributed by atoms with Gasteiger partial charge in [-0.2, -0.15) is 4.31 Å². The minimum absolute atomic E-state index is 0.0874. The van der Waals surface area contributed by atoms with Crippen LogP contribution in [0.5, 0.6) is 0 Å². The first-order valence-corrected chi connectivity index (χ1v) is 12.2. The smallest absolute Gasteiger partial charge is 0.243 e. The van der Waals surface area contributed by atoms with E-state index in [-0.39, 0.29) is 11.9 Å². The Kier molecular flexibility index (Phi) is 7.15. The topological polar surface area (TPSA) is 66.5 Å². The average molecular weight is 407 g/mol. The van der Waals surface area contributed by atoms with Crippen LogP contribution in [0.1, 0.15) is 68.9 Å². The molecule has 2 fully saturated rings. The fourth-order valence-electron chi connectivity index (χ4n) is 4.58. The predicted octanol–water partition coefficient (Wildman–Crippen LogP) is 3.93. The lowest BCUT2D eigenvalue weighted by Gasteiger charge is -2.32. The summed E-state index contributed by atoms with van der Waals surface area (Å²) in [4.78, 5) is 12.7. The molecule has 1 aromatic rings. The maximum Gasteiger partial charge on any atom is 0.243 e. The molecule has 156 valence electrons. The van der Waals surface area contributed by atoms with Crippen molar-refractivity contribution in [1.82, 2.24) is 9.62 Å². The fourth-order valence-corrected chi connectivity index (χ4v) is 6.25. The number of hydrogen-bond acceptors (Lipinski definition) is 3. The highest BCUT2D eigenvalue weighted by Gasteiger charge is 2.30.